The van der Waals surface area contributed by atoms with E-state index < -0.39 is 0 Å². The molecule has 0 amide bonds. The largest absolute Gasteiger partial charge is 0.462 e. The summed E-state index contributed by atoms with van der Waals surface area (Å²) in [6.45, 7) is 2.64. The molecule has 0 saturated heterocycles. The van der Waals surface area contributed by atoms with Gasteiger partial charge in [-0.2, -0.15) is 0 Å². The molecule has 3 nitrogen and oxygen atoms in total. The first-order valence-electron chi connectivity index (χ1n) is 5.65. The van der Waals surface area contributed by atoms with Gasteiger partial charge in [-0.25, -0.2) is 4.79 Å². The van der Waals surface area contributed by atoms with Crippen LogP contribution in [0.25, 0.3) is 10.8 Å². The highest BCUT2D eigenvalue weighted by atomic mass is 16.5. The van der Waals surface area contributed by atoms with Gasteiger partial charge >= 0.3 is 5.97 Å². The van der Waals surface area contributed by atoms with Crippen molar-refractivity contribution in [2.75, 3.05) is 6.61 Å². The van der Waals surface area contributed by atoms with Gasteiger partial charge in [-0.05, 0) is 29.3 Å². The molecule has 0 saturated carbocycles. The zero-order valence-corrected chi connectivity index (χ0v) is 9.77. The van der Waals surface area contributed by atoms with E-state index in [0.717, 1.165) is 16.3 Å². The van der Waals surface area contributed by atoms with Gasteiger partial charge in [0, 0.05) is 6.54 Å². The third kappa shape index (κ3) is 2.15. The van der Waals surface area contributed by atoms with E-state index in [0.29, 0.717) is 18.7 Å². The molecule has 3 heteroatoms. The van der Waals surface area contributed by atoms with Crippen molar-refractivity contribution >= 4 is 16.7 Å². The van der Waals surface area contributed by atoms with Gasteiger partial charge in [0.05, 0.1) is 12.2 Å². The monoisotopic (exact) mass is 229 g/mol. The van der Waals surface area contributed by atoms with Crippen LogP contribution in [0.3, 0.4) is 0 Å². The average Bonchev–Trinajstić information content (AvgIpc) is 2.37. The van der Waals surface area contributed by atoms with Crippen LogP contribution in [0.1, 0.15) is 22.8 Å². The lowest BCUT2D eigenvalue weighted by Gasteiger charge is -2.09. The van der Waals surface area contributed by atoms with E-state index in [9.17, 15) is 4.79 Å². The molecule has 0 spiro atoms. The summed E-state index contributed by atoms with van der Waals surface area (Å²) in [4.78, 5) is 11.8. The van der Waals surface area contributed by atoms with Crippen molar-refractivity contribution in [1.82, 2.24) is 0 Å². The Kier molecular flexibility index (Phi) is 3.40. The number of benzene rings is 2. The second kappa shape index (κ2) is 4.97. The standard InChI is InChI=1S/C14H15NO2/c1-2-17-14(16)13-8-7-10(9-15)11-5-3-4-6-12(11)13/h3-8H,2,9,15H2,1H3. The van der Waals surface area contributed by atoms with Crippen LogP contribution in [0.15, 0.2) is 36.4 Å². The fraction of sp³-hybridized carbons (Fsp3) is 0.214. The highest BCUT2D eigenvalue weighted by Crippen LogP contribution is 2.23. The Bertz CT molecular complexity index is 549. The predicted octanol–water partition coefficient (Wildman–Crippen LogP) is 2.48. The summed E-state index contributed by atoms with van der Waals surface area (Å²) in [5, 5.41) is 1.91. The zero-order chi connectivity index (χ0) is 12.3. The van der Waals surface area contributed by atoms with Gasteiger partial charge in [0.15, 0.2) is 0 Å². The lowest BCUT2D eigenvalue weighted by Crippen LogP contribution is -2.06. The molecule has 0 unspecified atom stereocenters. The molecule has 0 atom stereocenters. The number of rotatable bonds is 3. The van der Waals surface area contributed by atoms with Crippen molar-refractivity contribution in [3.63, 3.8) is 0 Å². The summed E-state index contributed by atoms with van der Waals surface area (Å²) in [6, 6.07) is 11.4. The van der Waals surface area contributed by atoms with Gasteiger partial charge in [-0.1, -0.05) is 30.3 Å². The minimum absolute atomic E-state index is 0.285. The van der Waals surface area contributed by atoms with Crippen LogP contribution < -0.4 is 5.73 Å². The molecular formula is C14H15NO2. The number of carbonyl (C=O) groups excluding carboxylic acids is 1. The Hall–Kier alpha value is -1.87. The third-order valence-electron chi connectivity index (χ3n) is 2.73. The van der Waals surface area contributed by atoms with Gasteiger partial charge in [-0.15, -0.1) is 0 Å². The first kappa shape index (κ1) is 11.6. The second-order valence-electron chi connectivity index (χ2n) is 3.74. The molecular weight excluding hydrogens is 214 g/mol. The predicted molar refractivity (Wildman–Crippen MR) is 67.8 cm³/mol. The Morgan fingerprint density at radius 2 is 1.88 bits per heavy atom. The normalized spacial score (nSPS) is 10.5. The molecule has 17 heavy (non-hydrogen) atoms. The molecule has 0 aliphatic carbocycles. The molecule has 2 rings (SSSR count). The van der Waals surface area contributed by atoms with E-state index in [1.807, 2.05) is 30.3 Å². The summed E-state index contributed by atoms with van der Waals surface area (Å²) in [6.07, 6.45) is 0. The molecule has 0 fully saturated rings. The average molecular weight is 229 g/mol. The number of ether oxygens (including phenoxy) is 1. The van der Waals surface area contributed by atoms with Gasteiger partial charge in [-0.3, -0.25) is 0 Å². The summed E-state index contributed by atoms with van der Waals surface area (Å²) in [7, 11) is 0. The van der Waals surface area contributed by atoms with E-state index in [1.165, 1.54) is 0 Å². The molecule has 0 aromatic heterocycles. The zero-order valence-electron chi connectivity index (χ0n) is 9.77. The van der Waals surface area contributed by atoms with Crippen LogP contribution in [0, 0.1) is 0 Å². The van der Waals surface area contributed by atoms with Crippen molar-refractivity contribution in [2.24, 2.45) is 5.73 Å². The quantitative estimate of drug-likeness (QED) is 0.822. The van der Waals surface area contributed by atoms with Crippen LogP contribution in [-0.4, -0.2) is 12.6 Å². The molecule has 0 aliphatic heterocycles. The van der Waals surface area contributed by atoms with Crippen molar-refractivity contribution in [2.45, 2.75) is 13.5 Å². The summed E-state index contributed by atoms with van der Waals surface area (Å²) in [5.74, 6) is -0.285. The number of hydrogen-bond acceptors (Lipinski definition) is 3. The van der Waals surface area contributed by atoms with Crippen LogP contribution in [0.4, 0.5) is 0 Å². The molecule has 0 radical (unpaired) electrons. The van der Waals surface area contributed by atoms with Crippen molar-refractivity contribution < 1.29 is 9.53 Å². The minimum Gasteiger partial charge on any atom is -0.462 e. The maximum absolute atomic E-state index is 11.8. The Morgan fingerprint density at radius 1 is 1.18 bits per heavy atom. The fourth-order valence-corrected chi connectivity index (χ4v) is 1.93. The molecule has 88 valence electrons. The van der Waals surface area contributed by atoms with Gasteiger partial charge in [0.25, 0.3) is 0 Å². The minimum atomic E-state index is -0.285. The number of nitrogens with two attached hydrogens (primary N) is 1. The van der Waals surface area contributed by atoms with Gasteiger partial charge < -0.3 is 10.5 Å². The highest BCUT2D eigenvalue weighted by molar-refractivity contribution is 6.05. The smallest absolute Gasteiger partial charge is 0.338 e. The number of fused-ring (bicyclic) bond motifs is 1. The van der Waals surface area contributed by atoms with Crippen LogP contribution in [0.5, 0.6) is 0 Å². The summed E-state index contributed by atoms with van der Waals surface area (Å²) >= 11 is 0. The van der Waals surface area contributed by atoms with E-state index in [-0.39, 0.29) is 5.97 Å². The van der Waals surface area contributed by atoms with Crippen LogP contribution in [-0.2, 0) is 11.3 Å². The second-order valence-corrected chi connectivity index (χ2v) is 3.74. The number of carbonyl (C=O) groups is 1. The van der Waals surface area contributed by atoms with Crippen molar-refractivity contribution in [1.29, 1.82) is 0 Å². The first-order chi connectivity index (χ1) is 8.27. The van der Waals surface area contributed by atoms with Gasteiger partial charge in [0.1, 0.15) is 0 Å². The molecule has 0 aliphatic rings. The number of hydrogen-bond donors (Lipinski definition) is 1. The molecule has 0 heterocycles. The fourth-order valence-electron chi connectivity index (χ4n) is 1.93. The maximum Gasteiger partial charge on any atom is 0.338 e. The third-order valence-corrected chi connectivity index (χ3v) is 2.73. The molecule has 2 N–H and O–H groups in total. The lowest BCUT2D eigenvalue weighted by molar-refractivity contribution is 0.0528. The number of esters is 1. The SMILES string of the molecule is CCOC(=O)c1ccc(CN)c2ccccc12. The first-order valence-corrected chi connectivity index (χ1v) is 5.65. The topological polar surface area (TPSA) is 52.3 Å². The lowest BCUT2D eigenvalue weighted by atomic mass is 9.99. The summed E-state index contributed by atoms with van der Waals surface area (Å²) in [5.41, 5.74) is 7.32. The molecule has 2 aromatic rings. The van der Waals surface area contributed by atoms with Crippen molar-refractivity contribution in [3.05, 3.63) is 47.5 Å². The Morgan fingerprint density at radius 3 is 2.53 bits per heavy atom. The van der Waals surface area contributed by atoms with Crippen LogP contribution >= 0.6 is 0 Å². The van der Waals surface area contributed by atoms with E-state index in [4.69, 9.17) is 10.5 Å². The summed E-state index contributed by atoms with van der Waals surface area (Å²) < 4.78 is 5.04. The van der Waals surface area contributed by atoms with E-state index in [1.54, 1.807) is 13.0 Å². The van der Waals surface area contributed by atoms with Crippen LogP contribution in [0.2, 0.25) is 0 Å². The highest BCUT2D eigenvalue weighted by Gasteiger charge is 2.12. The van der Waals surface area contributed by atoms with Crippen molar-refractivity contribution in [3.8, 4) is 0 Å². The van der Waals surface area contributed by atoms with Gasteiger partial charge in [0.2, 0.25) is 0 Å². The molecule has 2 aromatic carbocycles. The van der Waals surface area contributed by atoms with E-state index in [2.05, 4.69) is 0 Å². The Balaban J connectivity index is 2.62. The Labute approximate surface area is 100 Å². The maximum atomic E-state index is 11.8. The van der Waals surface area contributed by atoms with E-state index >= 15 is 0 Å². The molecule has 0 bridgehead atoms.